The first-order valence-electron chi connectivity index (χ1n) is 46.3. The standard InChI is InChI=1S/C14H23N.C13H22FN.C13H23NO.5C13H23N/c1-13(2,3)5-4-10-15-11-8-14(6-7-14)9-12-15;1-12(2,3)6-5-9-15-10-7-13(4,14)8-11-15;1-13(2,3)8-5-9-14-10-6-12(15-4)7-11-14;2*1-12-6-10-14(11-7-12)9-5-8-13(2,3)4;2*1-12-7-5-9-14(11-12)10-6-8-13(2,3)4;1-13(2,3)9-8-12-14-10-6-4-5-7-11-14/h6-12H2,1-3H3;7-11H2,1-4H3;12H,6-7,9-11H2,1-4H3;2*12H,6-7,9-11H2,1-4H3;2*12H,5,7,9-11H2,1-4H3;4-7,10-12H2,1-3H3/t;;;;;2*12-;/m.....10./s1. The normalized spacial score (nSPS) is 21.9. The third-order valence-corrected chi connectivity index (χ3v) is 21.7. The fourth-order valence-electron chi connectivity index (χ4n) is 14.3. The lowest BCUT2D eigenvalue weighted by atomic mass is 9.93. The Bertz CT molecular complexity index is 2960. The molecule has 1 spiro atoms. The molecule has 2 atom stereocenters. The maximum absolute atomic E-state index is 13.5. The van der Waals surface area contributed by atoms with E-state index in [-0.39, 0.29) is 43.3 Å². The first-order valence-corrected chi connectivity index (χ1v) is 46.3. The molecule has 9 fully saturated rings. The van der Waals surface area contributed by atoms with Gasteiger partial charge in [-0.15, -0.1) is 0 Å². The second-order valence-electron chi connectivity index (χ2n) is 44.7. The molecule has 9 aliphatic rings. The van der Waals surface area contributed by atoms with Crippen molar-refractivity contribution in [2.75, 3.05) is 164 Å². The van der Waals surface area contributed by atoms with Gasteiger partial charge in [0, 0.05) is 89.7 Å². The van der Waals surface area contributed by atoms with Crippen LogP contribution in [0, 0.1) is 167 Å². The Morgan fingerprint density at radius 2 is 0.478 bits per heavy atom. The van der Waals surface area contributed by atoms with Crippen molar-refractivity contribution in [3.63, 3.8) is 0 Å². The third kappa shape index (κ3) is 63.7. The summed E-state index contributed by atoms with van der Waals surface area (Å²) >= 11 is 0. The zero-order chi connectivity index (χ0) is 86.6. The van der Waals surface area contributed by atoms with Crippen LogP contribution in [-0.4, -0.2) is 215 Å². The number of rotatable bonds is 9. The van der Waals surface area contributed by atoms with Gasteiger partial charge in [-0.25, -0.2) is 4.39 Å². The lowest BCUT2D eigenvalue weighted by Crippen LogP contribution is -2.40. The summed E-state index contributed by atoms with van der Waals surface area (Å²) in [6, 6.07) is 0. The molecule has 115 heavy (non-hydrogen) atoms. The Morgan fingerprint density at radius 1 is 0.261 bits per heavy atom. The molecule has 0 aromatic heterocycles. The topological polar surface area (TPSA) is 35.2 Å². The number of likely N-dealkylation sites (tertiary alicyclic amines) is 8. The van der Waals surface area contributed by atoms with Gasteiger partial charge in [-0.1, -0.05) is 135 Å². The summed E-state index contributed by atoms with van der Waals surface area (Å²) in [6.07, 6.45) is 26.3. The highest BCUT2D eigenvalue weighted by Crippen LogP contribution is 2.53. The van der Waals surface area contributed by atoms with Crippen molar-refractivity contribution in [2.24, 2.45) is 72.4 Å². The van der Waals surface area contributed by atoms with Crippen molar-refractivity contribution < 1.29 is 9.13 Å². The number of nitrogens with zero attached hydrogens (tertiary/aromatic N) is 8. The second kappa shape index (κ2) is 53.7. The van der Waals surface area contributed by atoms with Crippen LogP contribution in [0.3, 0.4) is 0 Å². The molecular formula is C105H183FN8O. The van der Waals surface area contributed by atoms with E-state index in [2.05, 4.69) is 328 Å². The van der Waals surface area contributed by atoms with Crippen LogP contribution in [0.4, 0.5) is 4.39 Å². The SMILES string of the molecule is CC(C)(C)C#CCN1CCC(C)(F)CC1.CC(C)(C)C#CCN1CCC2(CC1)CC2.CC(C)(C)C#CCN1CCCCCC1.CC1CCN(CC#CC(C)(C)C)CC1.CC1CCN(CC#CC(C)(C)C)CC1.COC1CCN(CC#CC(C)(C)C)CC1.C[C@@H]1CCCN(CC#CC(C)(C)C)C1.C[C@H]1CCCN(CC#CC(C)(C)C)C1. The molecule has 0 N–H and O–H groups in total. The maximum Gasteiger partial charge on any atom is 0.110 e. The van der Waals surface area contributed by atoms with E-state index < -0.39 is 5.67 Å². The smallest absolute Gasteiger partial charge is 0.110 e. The molecule has 8 saturated heterocycles. The molecule has 0 aromatic rings. The first kappa shape index (κ1) is 107. The Hall–Kier alpha value is -3.95. The number of halogens is 1. The van der Waals surface area contributed by atoms with Crippen LogP contribution >= 0.6 is 0 Å². The van der Waals surface area contributed by atoms with Crippen LogP contribution in [0.5, 0.6) is 0 Å². The van der Waals surface area contributed by atoms with Gasteiger partial charge >= 0.3 is 0 Å². The van der Waals surface area contributed by atoms with Crippen molar-refractivity contribution in [1.29, 1.82) is 0 Å². The number of ether oxygens (including phenoxy) is 1. The fraction of sp³-hybridized carbons (Fsp3) is 0.848. The van der Waals surface area contributed by atoms with Crippen molar-refractivity contribution in [3.05, 3.63) is 0 Å². The molecule has 0 unspecified atom stereocenters. The Balaban J connectivity index is 0.000000446. The molecule has 9 rings (SSSR count). The van der Waals surface area contributed by atoms with Crippen molar-refractivity contribution >= 4 is 0 Å². The van der Waals surface area contributed by atoms with E-state index >= 15 is 0 Å². The number of methoxy groups -OCH3 is 1. The molecule has 656 valence electrons. The molecule has 1 aliphatic carbocycles. The number of piperidine rings is 7. The number of hydrogen-bond donors (Lipinski definition) is 0. The largest absolute Gasteiger partial charge is 0.381 e. The van der Waals surface area contributed by atoms with E-state index in [1.807, 2.05) is 0 Å². The van der Waals surface area contributed by atoms with Crippen molar-refractivity contribution in [2.45, 2.75) is 341 Å². The summed E-state index contributed by atoms with van der Waals surface area (Å²) in [5.74, 6) is 56.0. The highest BCUT2D eigenvalue weighted by molar-refractivity contribution is 5.15. The van der Waals surface area contributed by atoms with Gasteiger partial charge in [-0.05, 0) is 383 Å². The number of hydrogen-bond acceptors (Lipinski definition) is 9. The van der Waals surface area contributed by atoms with Crippen molar-refractivity contribution in [3.8, 4) is 94.7 Å². The van der Waals surface area contributed by atoms with Crippen LogP contribution in [0.15, 0.2) is 0 Å². The van der Waals surface area contributed by atoms with Crippen LogP contribution < -0.4 is 0 Å². The van der Waals surface area contributed by atoms with E-state index in [9.17, 15) is 4.39 Å². The Morgan fingerprint density at radius 3 is 0.713 bits per heavy atom. The summed E-state index contributed by atoms with van der Waals surface area (Å²) in [6.45, 7) is 89.2. The average Bonchev–Trinajstić information content (AvgIpc) is 1.64. The predicted molar refractivity (Wildman–Crippen MR) is 501 cm³/mol. The van der Waals surface area contributed by atoms with Gasteiger partial charge in [0.2, 0.25) is 0 Å². The van der Waals surface area contributed by atoms with E-state index in [1.165, 1.54) is 181 Å². The van der Waals surface area contributed by atoms with Gasteiger partial charge in [-0.3, -0.25) is 39.2 Å². The molecule has 1 saturated carbocycles. The highest BCUT2D eigenvalue weighted by Gasteiger charge is 2.44. The summed E-state index contributed by atoms with van der Waals surface area (Å²) < 4.78 is 18.8. The third-order valence-electron chi connectivity index (χ3n) is 21.7. The van der Waals surface area contributed by atoms with Gasteiger partial charge in [0.1, 0.15) is 5.67 Å². The number of alkyl halides is 1. The minimum atomic E-state index is -0.950. The minimum absolute atomic E-state index is 0.0738. The lowest BCUT2D eigenvalue weighted by Gasteiger charge is -2.32. The maximum atomic E-state index is 13.5. The zero-order valence-electron chi connectivity index (χ0n) is 81.4. The lowest BCUT2D eigenvalue weighted by molar-refractivity contribution is 0.0450. The molecule has 10 heteroatoms. The van der Waals surface area contributed by atoms with E-state index in [4.69, 9.17) is 4.74 Å². The predicted octanol–water partition coefficient (Wildman–Crippen LogP) is 21.9. The first-order chi connectivity index (χ1) is 53.3. The molecule has 8 aliphatic heterocycles. The highest BCUT2D eigenvalue weighted by atomic mass is 19.1. The van der Waals surface area contributed by atoms with Crippen molar-refractivity contribution in [1.82, 2.24) is 39.2 Å². The summed E-state index contributed by atoms with van der Waals surface area (Å²) in [5.41, 5.74) is 0.992. The molecule has 0 bridgehead atoms. The summed E-state index contributed by atoms with van der Waals surface area (Å²) in [4.78, 5) is 19.6. The molecule has 0 radical (unpaired) electrons. The van der Waals surface area contributed by atoms with Crippen LogP contribution in [0.1, 0.15) is 329 Å². The molecule has 8 heterocycles. The van der Waals surface area contributed by atoms with Crippen LogP contribution in [-0.2, 0) is 4.74 Å². The van der Waals surface area contributed by atoms with E-state index in [0.29, 0.717) is 18.9 Å². The van der Waals surface area contributed by atoms with Crippen LogP contribution in [0.2, 0.25) is 0 Å². The van der Waals surface area contributed by atoms with Gasteiger partial charge in [0.05, 0.1) is 58.5 Å². The van der Waals surface area contributed by atoms with E-state index in [0.717, 1.165) is 120 Å². The molecule has 9 nitrogen and oxygen atoms in total. The monoisotopic (exact) mass is 1590 g/mol. The van der Waals surface area contributed by atoms with Crippen LogP contribution in [0.25, 0.3) is 0 Å². The average molecular weight is 1590 g/mol. The zero-order valence-corrected chi connectivity index (χ0v) is 81.4. The Labute approximate surface area is 716 Å². The van der Waals surface area contributed by atoms with E-state index in [1.54, 1.807) is 14.0 Å². The fourth-order valence-corrected chi connectivity index (χ4v) is 14.3. The quantitative estimate of drug-likeness (QED) is 0.210. The summed E-state index contributed by atoms with van der Waals surface area (Å²) in [5, 5.41) is 0. The van der Waals surface area contributed by atoms with Gasteiger partial charge in [0.25, 0.3) is 0 Å². The minimum Gasteiger partial charge on any atom is -0.381 e. The van der Waals surface area contributed by atoms with Gasteiger partial charge in [-0.2, -0.15) is 0 Å². The van der Waals surface area contributed by atoms with Gasteiger partial charge < -0.3 is 4.74 Å². The molecular weight excluding hydrogens is 1410 g/mol. The Kier molecular flexibility index (Phi) is 50.1. The van der Waals surface area contributed by atoms with Gasteiger partial charge in [0.15, 0.2) is 0 Å². The molecule has 0 amide bonds. The second-order valence-corrected chi connectivity index (χ2v) is 44.7. The molecule has 0 aromatic carbocycles. The summed E-state index contributed by atoms with van der Waals surface area (Å²) in [7, 11) is 1.81.